The van der Waals surface area contributed by atoms with Gasteiger partial charge in [-0.05, 0) is 23.8 Å². The number of carboxylic acids is 1. The third-order valence-corrected chi connectivity index (χ3v) is 2.53. The average Bonchev–Trinajstić information content (AvgIpc) is 2.29. The molecule has 0 unspecified atom stereocenters. The van der Waals surface area contributed by atoms with Crippen molar-refractivity contribution >= 4 is 17.3 Å². The van der Waals surface area contributed by atoms with E-state index in [2.05, 4.69) is 0 Å². The van der Waals surface area contributed by atoms with Crippen LogP contribution in [0.3, 0.4) is 0 Å². The van der Waals surface area contributed by atoms with Crippen LogP contribution in [0.1, 0.15) is 10.4 Å². The summed E-state index contributed by atoms with van der Waals surface area (Å²) in [5.74, 6) is -1.03. The van der Waals surface area contributed by atoms with Crippen molar-refractivity contribution in [3.8, 4) is 11.1 Å². The number of rotatable bonds is 2. The van der Waals surface area contributed by atoms with Crippen LogP contribution in [0.15, 0.2) is 42.5 Å². The first-order valence-electron chi connectivity index (χ1n) is 5.07. The minimum atomic E-state index is -1.03. The number of hydrogen-bond donors (Lipinski definition) is 3. The van der Waals surface area contributed by atoms with Gasteiger partial charge in [-0.2, -0.15) is 0 Å². The fraction of sp³-hybridized carbons (Fsp3) is 0. The van der Waals surface area contributed by atoms with Crippen LogP contribution in [0.2, 0.25) is 0 Å². The zero-order valence-corrected chi connectivity index (χ0v) is 9.05. The molecule has 0 heterocycles. The fourth-order valence-corrected chi connectivity index (χ4v) is 1.71. The zero-order valence-electron chi connectivity index (χ0n) is 9.05. The molecule has 0 spiro atoms. The van der Waals surface area contributed by atoms with Gasteiger partial charge in [-0.15, -0.1) is 0 Å². The van der Waals surface area contributed by atoms with Gasteiger partial charge in [0.2, 0.25) is 0 Å². The lowest BCUT2D eigenvalue weighted by atomic mass is 10.00. The van der Waals surface area contributed by atoms with Gasteiger partial charge in [-0.3, -0.25) is 0 Å². The maximum atomic E-state index is 11.0. The van der Waals surface area contributed by atoms with Crippen LogP contribution in [-0.2, 0) is 0 Å². The molecule has 0 aromatic heterocycles. The summed E-state index contributed by atoms with van der Waals surface area (Å²) < 4.78 is 0. The molecule has 0 aliphatic heterocycles. The molecule has 0 fully saturated rings. The van der Waals surface area contributed by atoms with Gasteiger partial charge in [0.15, 0.2) is 0 Å². The molecular weight excluding hydrogens is 216 g/mol. The predicted molar refractivity (Wildman–Crippen MR) is 67.7 cm³/mol. The standard InChI is InChI=1S/C13H12N2O2/c14-9-4-1-3-8(7-9)10-5-2-6-11(12(10)15)13(16)17/h1-7H,14-15H2,(H,16,17). The monoisotopic (exact) mass is 228 g/mol. The maximum Gasteiger partial charge on any atom is 0.337 e. The second kappa shape index (κ2) is 4.17. The highest BCUT2D eigenvalue weighted by atomic mass is 16.4. The summed E-state index contributed by atoms with van der Waals surface area (Å²) in [4.78, 5) is 11.0. The van der Waals surface area contributed by atoms with Crippen LogP contribution in [0.4, 0.5) is 11.4 Å². The van der Waals surface area contributed by atoms with Gasteiger partial charge in [0.1, 0.15) is 0 Å². The summed E-state index contributed by atoms with van der Waals surface area (Å²) in [5.41, 5.74) is 14.0. The van der Waals surface area contributed by atoms with E-state index >= 15 is 0 Å². The van der Waals surface area contributed by atoms with Crippen LogP contribution in [-0.4, -0.2) is 11.1 Å². The molecule has 2 aromatic carbocycles. The Bertz CT molecular complexity index is 579. The van der Waals surface area contributed by atoms with Crippen molar-refractivity contribution in [2.75, 3.05) is 11.5 Å². The van der Waals surface area contributed by atoms with Crippen molar-refractivity contribution in [1.82, 2.24) is 0 Å². The van der Waals surface area contributed by atoms with Crippen molar-refractivity contribution in [1.29, 1.82) is 0 Å². The van der Waals surface area contributed by atoms with E-state index in [4.69, 9.17) is 16.6 Å². The van der Waals surface area contributed by atoms with Crippen molar-refractivity contribution < 1.29 is 9.90 Å². The summed E-state index contributed by atoms with van der Waals surface area (Å²) in [6.45, 7) is 0. The third kappa shape index (κ3) is 2.06. The Balaban J connectivity index is 2.60. The average molecular weight is 228 g/mol. The highest BCUT2D eigenvalue weighted by Crippen LogP contribution is 2.29. The molecule has 0 atom stereocenters. The number of benzene rings is 2. The number of hydrogen-bond acceptors (Lipinski definition) is 3. The number of carboxylic acid groups (broad SMARTS) is 1. The first-order valence-corrected chi connectivity index (χ1v) is 5.07. The largest absolute Gasteiger partial charge is 0.478 e. The summed E-state index contributed by atoms with van der Waals surface area (Å²) in [5, 5.41) is 8.99. The van der Waals surface area contributed by atoms with Crippen molar-refractivity contribution in [2.24, 2.45) is 0 Å². The van der Waals surface area contributed by atoms with Gasteiger partial charge in [0.25, 0.3) is 0 Å². The molecule has 0 bridgehead atoms. The molecule has 5 N–H and O–H groups in total. The number of aromatic carboxylic acids is 1. The Morgan fingerprint density at radius 3 is 2.41 bits per heavy atom. The second-order valence-electron chi connectivity index (χ2n) is 3.70. The molecule has 0 saturated carbocycles. The molecule has 0 aliphatic rings. The highest BCUT2D eigenvalue weighted by molar-refractivity contribution is 5.98. The van der Waals surface area contributed by atoms with Crippen LogP contribution < -0.4 is 11.5 Å². The third-order valence-electron chi connectivity index (χ3n) is 2.53. The van der Waals surface area contributed by atoms with Gasteiger partial charge < -0.3 is 16.6 Å². The van der Waals surface area contributed by atoms with Crippen molar-refractivity contribution in [2.45, 2.75) is 0 Å². The van der Waals surface area contributed by atoms with E-state index in [9.17, 15) is 4.79 Å². The van der Waals surface area contributed by atoms with Crippen LogP contribution in [0.5, 0.6) is 0 Å². The topological polar surface area (TPSA) is 89.3 Å². The van der Waals surface area contributed by atoms with Crippen LogP contribution in [0, 0.1) is 0 Å². The number of nitrogens with two attached hydrogens (primary N) is 2. The Kier molecular flexibility index (Phi) is 2.70. The fourth-order valence-electron chi connectivity index (χ4n) is 1.71. The van der Waals surface area contributed by atoms with Crippen molar-refractivity contribution in [3.63, 3.8) is 0 Å². The van der Waals surface area contributed by atoms with Gasteiger partial charge in [-0.1, -0.05) is 24.3 Å². The maximum absolute atomic E-state index is 11.0. The van der Waals surface area contributed by atoms with Gasteiger partial charge in [-0.25, -0.2) is 4.79 Å². The van der Waals surface area contributed by atoms with Gasteiger partial charge >= 0.3 is 5.97 Å². The molecule has 2 rings (SSSR count). The van der Waals surface area contributed by atoms with Crippen LogP contribution in [0.25, 0.3) is 11.1 Å². The molecule has 2 aromatic rings. The summed E-state index contributed by atoms with van der Waals surface area (Å²) in [7, 11) is 0. The first-order chi connectivity index (χ1) is 8.09. The van der Waals surface area contributed by atoms with E-state index in [-0.39, 0.29) is 11.3 Å². The summed E-state index contributed by atoms with van der Waals surface area (Å²) in [6, 6.07) is 12.1. The summed E-state index contributed by atoms with van der Waals surface area (Å²) >= 11 is 0. The molecule has 0 saturated heterocycles. The van der Waals surface area contributed by atoms with E-state index in [1.807, 2.05) is 6.07 Å². The van der Waals surface area contributed by atoms with Gasteiger partial charge in [0, 0.05) is 11.3 Å². The molecule has 0 amide bonds. The minimum Gasteiger partial charge on any atom is -0.478 e. The molecule has 0 aliphatic carbocycles. The first kappa shape index (κ1) is 11.0. The predicted octanol–water partition coefficient (Wildman–Crippen LogP) is 2.22. The SMILES string of the molecule is Nc1cccc(-c2cccc(C(=O)O)c2N)c1. The second-order valence-corrected chi connectivity index (χ2v) is 3.70. The normalized spacial score (nSPS) is 10.1. The minimum absolute atomic E-state index is 0.102. The lowest BCUT2D eigenvalue weighted by molar-refractivity contribution is 0.0698. The van der Waals surface area contributed by atoms with Crippen molar-refractivity contribution in [3.05, 3.63) is 48.0 Å². The number of para-hydroxylation sites is 1. The van der Waals surface area contributed by atoms with E-state index < -0.39 is 5.97 Å². The lowest BCUT2D eigenvalue weighted by Crippen LogP contribution is -2.03. The molecule has 86 valence electrons. The van der Waals surface area contributed by atoms with Crippen LogP contribution >= 0.6 is 0 Å². The Hall–Kier alpha value is -2.49. The molecule has 17 heavy (non-hydrogen) atoms. The quantitative estimate of drug-likeness (QED) is 0.687. The smallest absolute Gasteiger partial charge is 0.337 e. The number of carbonyl (C=O) groups is 1. The molecule has 4 heteroatoms. The Morgan fingerprint density at radius 1 is 1.06 bits per heavy atom. The molecular formula is C13H12N2O2. The molecule has 4 nitrogen and oxygen atoms in total. The number of nitrogen functional groups attached to an aromatic ring is 2. The van der Waals surface area contributed by atoms with E-state index in [0.29, 0.717) is 11.3 Å². The van der Waals surface area contributed by atoms with Gasteiger partial charge in [0.05, 0.1) is 11.3 Å². The Labute approximate surface area is 98.5 Å². The summed E-state index contributed by atoms with van der Waals surface area (Å²) in [6.07, 6.45) is 0. The zero-order chi connectivity index (χ0) is 12.4. The van der Waals surface area contributed by atoms with E-state index in [0.717, 1.165) is 5.56 Å². The molecule has 0 radical (unpaired) electrons. The van der Waals surface area contributed by atoms with E-state index in [1.54, 1.807) is 30.3 Å². The highest BCUT2D eigenvalue weighted by Gasteiger charge is 2.11. The lowest BCUT2D eigenvalue weighted by Gasteiger charge is -2.09. The number of anilines is 2. The Morgan fingerprint density at radius 2 is 1.76 bits per heavy atom. The van der Waals surface area contributed by atoms with E-state index in [1.165, 1.54) is 6.07 Å².